The molecule has 2 amide bonds. The fourth-order valence-corrected chi connectivity index (χ4v) is 4.14. The summed E-state index contributed by atoms with van der Waals surface area (Å²) in [5.41, 5.74) is 3.89. The van der Waals surface area contributed by atoms with Crippen LogP contribution < -0.4 is 15.4 Å². The number of thioether (sulfide) groups is 1. The first kappa shape index (κ1) is 23.3. The highest BCUT2D eigenvalue weighted by Gasteiger charge is 2.32. The van der Waals surface area contributed by atoms with Crippen molar-refractivity contribution < 1.29 is 14.3 Å². The Morgan fingerprint density at radius 1 is 1.06 bits per heavy atom. The molecule has 0 radical (unpaired) electrons. The molecule has 2 N–H and O–H groups in total. The van der Waals surface area contributed by atoms with Crippen LogP contribution in [-0.4, -0.2) is 28.4 Å². The molecule has 0 spiro atoms. The zero-order valence-electron chi connectivity index (χ0n) is 18.6. The van der Waals surface area contributed by atoms with Crippen molar-refractivity contribution in [3.05, 3.63) is 95.6 Å². The van der Waals surface area contributed by atoms with Crippen molar-refractivity contribution in [2.24, 2.45) is 10.2 Å². The van der Waals surface area contributed by atoms with Gasteiger partial charge in [-0.2, -0.15) is 5.10 Å². The van der Waals surface area contributed by atoms with Gasteiger partial charge in [0, 0.05) is 12.1 Å². The summed E-state index contributed by atoms with van der Waals surface area (Å²) in [6.07, 6.45) is 1.65. The third-order valence-corrected chi connectivity index (χ3v) is 6.17. The van der Waals surface area contributed by atoms with E-state index in [0.717, 1.165) is 16.9 Å². The first-order valence-electron chi connectivity index (χ1n) is 10.8. The van der Waals surface area contributed by atoms with Gasteiger partial charge in [-0.05, 0) is 60.0 Å². The molecule has 1 atom stereocenters. The highest BCUT2D eigenvalue weighted by atomic mass is 32.2. The average Bonchev–Trinajstić information content (AvgIpc) is 3.18. The monoisotopic (exact) mass is 472 g/mol. The van der Waals surface area contributed by atoms with Crippen LogP contribution in [0.1, 0.15) is 23.1 Å². The molecule has 3 aromatic carbocycles. The Balaban J connectivity index is 1.26. The third-order valence-electron chi connectivity index (χ3n) is 5.10. The van der Waals surface area contributed by atoms with Crippen LogP contribution in [0.25, 0.3) is 0 Å². The van der Waals surface area contributed by atoms with E-state index < -0.39 is 5.25 Å². The number of amidine groups is 1. The number of nitrogens with one attached hydrogen (secondary N) is 2. The number of carbonyl (C=O) groups excluding carboxylic acids is 2. The van der Waals surface area contributed by atoms with Gasteiger partial charge in [-0.1, -0.05) is 54.2 Å². The molecule has 1 aliphatic heterocycles. The van der Waals surface area contributed by atoms with Gasteiger partial charge in [0.05, 0.1) is 6.21 Å². The van der Waals surface area contributed by atoms with E-state index in [9.17, 15) is 9.59 Å². The fourth-order valence-electron chi connectivity index (χ4n) is 3.22. The highest BCUT2D eigenvalue weighted by molar-refractivity contribution is 8.15. The lowest BCUT2D eigenvalue weighted by Gasteiger charge is -2.08. The summed E-state index contributed by atoms with van der Waals surface area (Å²) in [6.45, 7) is 2.57. The van der Waals surface area contributed by atoms with Gasteiger partial charge in [0.2, 0.25) is 11.8 Å². The molecule has 34 heavy (non-hydrogen) atoms. The first-order valence-corrected chi connectivity index (χ1v) is 11.7. The first-order chi connectivity index (χ1) is 16.6. The van der Waals surface area contributed by atoms with E-state index in [2.05, 4.69) is 39.9 Å². The predicted octanol–water partition coefficient (Wildman–Crippen LogP) is 4.52. The zero-order valence-corrected chi connectivity index (χ0v) is 19.4. The van der Waals surface area contributed by atoms with Crippen LogP contribution in [-0.2, 0) is 16.2 Å². The molecule has 0 aromatic heterocycles. The Bertz CT molecular complexity index is 1210. The van der Waals surface area contributed by atoms with Gasteiger partial charge in [-0.15, -0.1) is 5.10 Å². The molecule has 1 aliphatic rings. The maximum atomic E-state index is 12.2. The Kier molecular flexibility index (Phi) is 7.72. The second kappa shape index (κ2) is 11.3. The van der Waals surface area contributed by atoms with Crippen molar-refractivity contribution in [2.45, 2.75) is 25.2 Å². The molecule has 0 bridgehead atoms. The second-order valence-electron chi connectivity index (χ2n) is 7.65. The van der Waals surface area contributed by atoms with Crippen LogP contribution in [0.15, 0.2) is 89.1 Å². The van der Waals surface area contributed by atoms with E-state index in [1.807, 2.05) is 54.6 Å². The summed E-state index contributed by atoms with van der Waals surface area (Å²) >= 11 is 1.20. The van der Waals surface area contributed by atoms with E-state index in [1.165, 1.54) is 17.3 Å². The average molecular weight is 473 g/mol. The van der Waals surface area contributed by atoms with E-state index in [0.29, 0.717) is 17.5 Å². The van der Waals surface area contributed by atoms with Crippen LogP contribution in [0.3, 0.4) is 0 Å². The molecule has 0 saturated carbocycles. The maximum Gasteiger partial charge on any atom is 0.240 e. The number of hydrogen-bond donors (Lipinski definition) is 2. The minimum atomic E-state index is -0.539. The van der Waals surface area contributed by atoms with Gasteiger partial charge in [0.1, 0.15) is 17.6 Å². The van der Waals surface area contributed by atoms with Crippen molar-refractivity contribution in [1.82, 2.24) is 5.32 Å². The lowest BCUT2D eigenvalue weighted by molar-refractivity contribution is -0.122. The fraction of sp³-hybridized carbons (Fsp3) is 0.154. The van der Waals surface area contributed by atoms with Crippen LogP contribution in [0.2, 0.25) is 0 Å². The van der Waals surface area contributed by atoms with Crippen LogP contribution >= 0.6 is 11.8 Å². The number of benzene rings is 3. The molecular formula is C26H24N4O3S. The van der Waals surface area contributed by atoms with Crippen molar-refractivity contribution in [3.8, 4) is 5.75 Å². The van der Waals surface area contributed by atoms with Crippen LogP contribution in [0.5, 0.6) is 5.75 Å². The SMILES string of the molecule is Cc1ccccc1COc1ccc(/C=N/N=C2\NC(=O)C(CC(=O)Nc3ccccc3)S2)cc1. The number of para-hydroxylation sites is 1. The zero-order chi connectivity index (χ0) is 23.8. The minimum absolute atomic E-state index is 0.0537. The largest absolute Gasteiger partial charge is 0.489 e. The molecule has 1 unspecified atom stereocenters. The lowest BCUT2D eigenvalue weighted by atomic mass is 10.1. The molecule has 1 heterocycles. The Morgan fingerprint density at radius 3 is 2.56 bits per heavy atom. The van der Waals surface area contributed by atoms with Gasteiger partial charge in [0.15, 0.2) is 5.17 Å². The molecule has 0 aliphatic carbocycles. The number of nitrogens with zero attached hydrogens (tertiary/aromatic N) is 2. The number of amides is 2. The van der Waals surface area contributed by atoms with E-state index >= 15 is 0 Å². The molecule has 4 rings (SSSR count). The van der Waals surface area contributed by atoms with Crippen molar-refractivity contribution >= 4 is 40.6 Å². The molecule has 1 fully saturated rings. The predicted molar refractivity (Wildman–Crippen MR) is 136 cm³/mol. The summed E-state index contributed by atoms with van der Waals surface area (Å²) in [5, 5.41) is 13.4. The summed E-state index contributed by atoms with van der Waals surface area (Å²) < 4.78 is 5.85. The molecular weight excluding hydrogens is 448 g/mol. The Hall–Kier alpha value is -3.91. The summed E-state index contributed by atoms with van der Waals surface area (Å²) in [7, 11) is 0. The van der Waals surface area contributed by atoms with E-state index in [4.69, 9.17) is 4.74 Å². The van der Waals surface area contributed by atoms with E-state index in [-0.39, 0.29) is 18.2 Å². The summed E-state index contributed by atoms with van der Waals surface area (Å²) in [6, 6.07) is 24.8. The molecule has 1 saturated heterocycles. The second-order valence-corrected chi connectivity index (χ2v) is 8.84. The summed E-state index contributed by atoms with van der Waals surface area (Å²) in [4.78, 5) is 24.4. The van der Waals surface area contributed by atoms with Gasteiger partial charge in [-0.3, -0.25) is 9.59 Å². The van der Waals surface area contributed by atoms with Crippen molar-refractivity contribution in [2.75, 3.05) is 5.32 Å². The number of carbonyl (C=O) groups is 2. The Morgan fingerprint density at radius 2 is 1.79 bits per heavy atom. The third kappa shape index (κ3) is 6.55. The van der Waals surface area contributed by atoms with Crippen molar-refractivity contribution in [1.29, 1.82) is 0 Å². The smallest absolute Gasteiger partial charge is 0.240 e. The molecule has 7 nitrogen and oxygen atoms in total. The standard InChI is InChI=1S/C26H24N4O3S/c1-18-7-5-6-8-20(18)17-33-22-13-11-19(12-14-22)16-27-30-26-29-25(32)23(34-26)15-24(31)28-21-9-3-2-4-10-21/h2-14,16,23H,15,17H2,1H3,(H,28,31)(H,29,30,32)/b27-16+. The maximum absolute atomic E-state index is 12.2. The van der Waals surface area contributed by atoms with Crippen molar-refractivity contribution in [3.63, 3.8) is 0 Å². The normalized spacial score (nSPS) is 16.6. The topological polar surface area (TPSA) is 92.2 Å². The van der Waals surface area contributed by atoms with Crippen LogP contribution in [0.4, 0.5) is 5.69 Å². The molecule has 3 aromatic rings. The highest BCUT2D eigenvalue weighted by Crippen LogP contribution is 2.23. The number of aryl methyl sites for hydroxylation is 1. The number of rotatable bonds is 8. The quantitative estimate of drug-likeness (QED) is 0.372. The Labute approximate surface area is 202 Å². The van der Waals surface area contributed by atoms with E-state index in [1.54, 1.807) is 18.3 Å². The molecule has 172 valence electrons. The number of ether oxygens (including phenoxy) is 1. The van der Waals surface area contributed by atoms with Gasteiger partial charge in [-0.25, -0.2) is 0 Å². The number of anilines is 1. The number of hydrogen-bond acceptors (Lipinski definition) is 6. The van der Waals surface area contributed by atoms with Gasteiger partial charge >= 0.3 is 0 Å². The van der Waals surface area contributed by atoms with Crippen LogP contribution in [0, 0.1) is 6.92 Å². The minimum Gasteiger partial charge on any atom is -0.489 e. The van der Waals surface area contributed by atoms with Gasteiger partial charge < -0.3 is 15.4 Å². The lowest BCUT2D eigenvalue weighted by Crippen LogP contribution is -2.28. The summed E-state index contributed by atoms with van der Waals surface area (Å²) in [5.74, 6) is 0.285. The van der Waals surface area contributed by atoms with Gasteiger partial charge in [0.25, 0.3) is 0 Å². The molecule has 8 heteroatoms.